The molecule has 0 spiro atoms. The molecule has 0 saturated carbocycles. The van der Waals surface area contributed by atoms with Crippen LogP contribution in [0.15, 0.2) is 156 Å². The molecule has 0 radical (unpaired) electrons. The summed E-state index contributed by atoms with van der Waals surface area (Å²) in [5.41, 5.74) is 7.48. The number of hydrogen-bond acceptors (Lipinski definition) is 2. The number of furan rings is 1. The topological polar surface area (TPSA) is 16.4 Å². The van der Waals surface area contributed by atoms with E-state index in [4.69, 9.17) is 4.42 Å². The first-order chi connectivity index (χ1) is 19.8. The van der Waals surface area contributed by atoms with E-state index in [0.717, 1.165) is 39.0 Å². The Labute approximate surface area is 232 Å². The van der Waals surface area contributed by atoms with E-state index in [2.05, 4.69) is 144 Å². The Bertz CT molecular complexity index is 2180. The summed E-state index contributed by atoms with van der Waals surface area (Å²) < 4.78 is 6.32. The molecule has 1 heterocycles. The zero-order chi connectivity index (χ0) is 26.5. The minimum Gasteiger partial charge on any atom is -0.456 e. The van der Waals surface area contributed by atoms with Crippen molar-refractivity contribution in [1.29, 1.82) is 0 Å². The van der Waals surface area contributed by atoms with Gasteiger partial charge in [-0.3, -0.25) is 0 Å². The molecule has 0 atom stereocenters. The fourth-order valence-corrected chi connectivity index (χ4v) is 5.97. The third kappa shape index (κ3) is 3.65. The van der Waals surface area contributed by atoms with Crippen LogP contribution in [0.3, 0.4) is 0 Å². The number of fused-ring (bicyclic) bond motifs is 5. The van der Waals surface area contributed by atoms with E-state index in [1.54, 1.807) is 0 Å². The molecule has 7 aromatic carbocycles. The van der Waals surface area contributed by atoms with Gasteiger partial charge in [0.15, 0.2) is 0 Å². The average Bonchev–Trinajstić information content (AvgIpc) is 3.39. The van der Waals surface area contributed by atoms with Crippen LogP contribution in [0.1, 0.15) is 0 Å². The van der Waals surface area contributed by atoms with Crippen molar-refractivity contribution in [1.82, 2.24) is 0 Å². The molecule has 188 valence electrons. The van der Waals surface area contributed by atoms with Crippen LogP contribution in [-0.2, 0) is 0 Å². The zero-order valence-electron chi connectivity index (χ0n) is 21.8. The van der Waals surface area contributed by atoms with Gasteiger partial charge in [0, 0.05) is 33.6 Å². The molecule has 0 bridgehead atoms. The molecule has 8 aromatic rings. The smallest absolute Gasteiger partial charge is 0.137 e. The third-order valence-corrected chi connectivity index (χ3v) is 7.83. The number of anilines is 3. The molecule has 0 fully saturated rings. The Balaban J connectivity index is 1.37. The molecular weight excluding hydrogens is 486 g/mol. The van der Waals surface area contributed by atoms with E-state index >= 15 is 0 Å². The van der Waals surface area contributed by atoms with Crippen molar-refractivity contribution < 1.29 is 4.42 Å². The maximum Gasteiger partial charge on any atom is 0.137 e. The van der Waals surface area contributed by atoms with Crippen molar-refractivity contribution >= 4 is 60.5 Å². The van der Waals surface area contributed by atoms with Gasteiger partial charge in [-0.1, -0.05) is 109 Å². The summed E-state index contributed by atoms with van der Waals surface area (Å²) in [5.74, 6) is 0. The second-order valence-electron chi connectivity index (χ2n) is 10.2. The Morgan fingerprint density at radius 2 is 1.02 bits per heavy atom. The standard InChI is InChI=1S/C38H25NO/c1-3-16-31-26(10-1)12-8-19-32(31)28-14-7-15-29(24-28)39(36-20-9-13-27-11-2-4-17-33(27)36)30-22-23-35-34-18-5-6-21-37(34)40-38(35)25-30/h1-25H. The summed E-state index contributed by atoms with van der Waals surface area (Å²) in [4.78, 5) is 2.35. The highest BCUT2D eigenvalue weighted by molar-refractivity contribution is 6.07. The van der Waals surface area contributed by atoms with Gasteiger partial charge >= 0.3 is 0 Å². The van der Waals surface area contributed by atoms with Crippen LogP contribution < -0.4 is 4.90 Å². The minimum absolute atomic E-state index is 0.883. The van der Waals surface area contributed by atoms with Crippen LogP contribution in [-0.4, -0.2) is 0 Å². The lowest BCUT2D eigenvalue weighted by Gasteiger charge is -2.27. The first kappa shape index (κ1) is 22.6. The number of nitrogens with zero attached hydrogens (tertiary/aromatic N) is 1. The van der Waals surface area contributed by atoms with Gasteiger partial charge in [0.1, 0.15) is 11.2 Å². The summed E-state index contributed by atoms with van der Waals surface area (Å²) in [6.07, 6.45) is 0. The first-order valence-corrected chi connectivity index (χ1v) is 13.6. The van der Waals surface area contributed by atoms with Crippen molar-refractivity contribution in [2.24, 2.45) is 0 Å². The lowest BCUT2D eigenvalue weighted by molar-refractivity contribution is 0.669. The van der Waals surface area contributed by atoms with E-state index in [0.29, 0.717) is 0 Å². The van der Waals surface area contributed by atoms with Crippen molar-refractivity contribution in [2.45, 2.75) is 0 Å². The van der Waals surface area contributed by atoms with Crippen molar-refractivity contribution in [3.8, 4) is 11.1 Å². The van der Waals surface area contributed by atoms with Crippen LogP contribution in [0.2, 0.25) is 0 Å². The molecule has 0 aliphatic carbocycles. The van der Waals surface area contributed by atoms with Crippen molar-refractivity contribution in [3.63, 3.8) is 0 Å². The molecule has 2 nitrogen and oxygen atoms in total. The summed E-state index contributed by atoms with van der Waals surface area (Å²) in [6, 6.07) is 53.9. The summed E-state index contributed by atoms with van der Waals surface area (Å²) in [5, 5.41) is 7.17. The number of para-hydroxylation sites is 1. The average molecular weight is 512 g/mol. The lowest BCUT2D eigenvalue weighted by atomic mass is 9.97. The second kappa shape index (κ2) is 9.14. The van der Waals surface area contributed by atoms with E-state index < -0.39 is 0 Å². The Hall–Kier alpha value is -5.34. The Morgan fingerprint density at radius 3 is 1.90 bits per heavy atom. The van der Waals surface area contributed by atoms with Crippen molar-refractivity contribution in [2.75, 3.05) is 4.90 Å². The minimum atomic E-state index is 0.883. The third-order valence-electron chi connectivity index (χ3n) is 7.83. The Kier molecular flexibility index (Phi) is 5.17. The first-order valence-electron chi connectivity index (χ1n) is 13.6. The maximum atomic E-state index is 6.32. The largest absolute Gasteiger partial charge is 0.456 e. The van der Waals surface area contributed by atoms with Crippen LogP contribution >= 0.6 is 0 Å². The van der Waals surface area contributed by atoms with Gasteiger partial charge in [-0.2, -0.15) is 0 Å². The van der Waals surface area contributed by atoms with Gasteiger partial charge in [-0.15, -0.1) is 0 Å². The fraction of sp³-hybridized carbons (Fsp3) is 0. The quantitative estimate of drug-likeness (QED) is 0.234. The fourth-order valence-electron chi connectivity index (χ4n) is 5.97. The molecule has 0 saturated heterocycles. The molecule has 2 heteroatoms. The van der Waals surface area contributed by atoms with E-state index in [1.807, 2.05) is 12.1 Å². The second-order valence-corrected chi connectivity index (χ2v) is 10.2. The van der Waals surface area contributed by atoms with Crippen LogP contribution in [0.5, 0.6) is 0 Å². The summed E-state index contributed by atoms with van der Waals surface area (Å²) in [6.45, 7) is 0. The number of rotatable bonds is 4. The number of hydrogen-bond donors (Lipinski definition) is 0. The van der Waals surface area contributed by atoms with E-state index in [9.17, 15) is 0 Å². The highest BCUT2D eigenvalue weighted by Crippen LogP contribution is 2.42. The SMILES string of the molecule is c1cc(-c2cccc3ccccc23)cc(N(c2ccc3c(c2)oc2ccccc23)c2cccc3ccccc23)c1. The molecule has 0 N–H and O–H groups in total. The van der Waals surface area contributed by atoms with Crippen LogP contribution in [0.4, 0.5) is 17.1 Å². The predicted molar refractivity (Wildman–Crippen MR) is 169 cm³/mol. The lowest BCUT2D eigenvalue weighted by Crippen LogP contribution is -2.10. The van der Waals surface area contributed by atoms with Gasteiger partial charge in [0.25, 0.3) is 0 Å². The maximum absolute atomic E-state index is 6.32. The molecule has 0 aliphatic rings. The highest BCUT2D eigenvalue weighted by Gasteiger charge is 2.18. The van der Waals surface area contributed by atoms with Gasteiger partial charge in [-0.05, 0) is 63.7 Å². The molecule has 0 amide bonds. The Morgan fingerprint density at radius 1 is 0.400 bits per heavy atom. The highest BCUT2D eigenvalue weighted by atomic mass is 16.3. The molecule has 0 unspecified atom stereocenters. The van der Waals surface area contributed by atoms with E-state index in [1.165, 1.54) is 32.7 Å². The van der Waals surface area contributed by atoms with Gasteiger partial charge < -0.3 is 9.32 Å². The molecular formula is C38H25NO. The van der Waals surface area contributed by atoms with E-state index in [-0.39, 0.29) is 0 Å². The van der Waals surface area contributed by atoms with Gasteiger partial charge in [-0.25, -0.2) is 0 Å². The summed E-state index contributed by atoms with van der Waals surface area (Å²) >= 11 is 0. The molecule has 1 aromatic heterocycles. The van der Waals surface area contributed by atoms with Crippen molar-refractivity contribution in [3.05, 3.63) is 152 Å². The molecule has 40 heavy (non-hydrogen) atoms. The predicted octanol–water partition coefficient (Wildman–Crippen LogP) is 11.0. The van der Waals surface area contributed by atoms with Gasteiger partial charge in [0.2, 0.25) is 0 Å². The number of benzene rings is 7. The van der Waals surface area contributed by atoms with Crippen LogP contribution in [0, 0.1) is 0 Å². The molecule has 8 rings (SSSR count). The van der Waals surface area contributed by atoms with Crippen LogP contribution in [0.25, 0.3) is 54.6 Å². The summed E-state index contributed by atoms with van der Waals surface area (Å²) in [7, 11) is 0. The zero-order valence-corrected chi connectivity index (χ0v) is 21.8. The van der Waals surface area contributed by atoms with Gasteiger partial charge in [0.05, 0.1) is 5.69 Å². The normalized spacial score (nSPS) is 11.5. The molecule has 0 aliphatic heterocycles. The monoisotopic (exact) mass is 511 g/mol.